The standard InChI is InChI=1S/H6IN7O7/c2-6(9)14-5(15-7(3)10)1-12-8(11)13-4/h2-4H2/q-4. The number of nitrogens with zero attached hydrogens (tertiary/aromatic N) is 4. The zero-order chi connectivity index (χ0) is 11.8. The summed E-state index contributed by atoms with van der Waals surface area (Å²) >= 11 is -1.90. The molecule has 94 valence electrons. The van der Waals surface area contributed by atoms with Gasteiger partial charge in [-0.2, -0.15) is 0 Å². The molecule has 0 atom stereocenters. The zero-order valence-corrected chi connectivity index (χ0v) is 8.91. The Morgan fingerprint density at radius 3 is 1.80 bits per heavy atom. The van der Waals surface area contributed by atoms with Gasteiger partial charge in [0.25, 0.3) is 0 Å². The molecule has 0 aliphatic carbocycles. The van der Waals surface area contributed by atoms with E-state index >= 15 is 0 Å². The number of hydrazine groups is 2. The quantitative estimate of drug-likeness (QED) is 0.163. The van der Waals surface area contributed by atoms with Gasteiger partial charge in [-0.05, 0) is 0 Å². The third-order valence-corrected chi connectivity index (χ3v) is 1.69. The van der Waals surface area contributed by atoms with Gasteiger partial charge in [-0.25, -0.2) is 0 Å². The molecule has 0 saturated heterocycles. The molecule has 0 unspecified atom stereocenters. The van der Waals surface area contributed by atoms with E-state index in [1.54, 1.807) is 0 Å². The number of hydrogen-bond donors (Lipinski definition) is 3. The van der Waals surface area contributed by atoms with E-state index < -0.39 is 38.0 Å². The Labute approximate surface area is 93.0 Å². The van der Waals surface area contributed by atoms with Crippen LogP contribution in [0.15, 0.2) is 0 Å². The molecule has 15 heteroatoms. The summed E-state index contributed by atoms with van der Waals surface area (Å²) in [6.07, 6.45) is 0. The molecule has 0 fully saturated rings. The van der Waals surface area contributed by atoms with E-state index in [0.717, 1.165) is 0 Å². The van der Waals surface area contributed by atoms with Crippen molar-refractivity contribution in [2.75, 3.05) is 0 Å². The Morgan fingerprint density at radius 1 is 1.00 bits per heavy atom. The minimum absolute atomic E-state index is 0.128. The van der Waals surface area contributed by atoms with Crippen molar-refractivity contribution in [3.8, 4) is 0 Å². The van der Waals surface area contributed by atoms with Gasteiger partial charge in [-0.15, -0.1) is 0 Å². The Balaban J connectivity index is 3.89. The fourth-order valence-corrected chi connectivity index (χ4v) is 1.10. The minimum atomic E-state index is -1.90. The molecule has 14 nitrogen and oxygen atoms in total. The Bertz CT molecular complexity index is 144. The van der Waals surface area contributed by atoms with Crippen molar-refractivity contribution < 1.29 is 39.9 Å². The molecule has 0 spiro atoms. The molecular weight excluding hydrogens is 337 g/mol. The molecule has 0 rings (SSSR count). The Kier molecular flexibility index (Phi) is 8.43. The predicted octanol–water partition coefficient (Wildman–Crippen LogP) is -6.22. The van der Waals surface area contributed by atoms with Crippen molar-refractivity contribution in [3.05, 3.63) is 15.6 Å². The Morgan fingerprint density at radius 2 is 1.47 bits per heavy atom. The van der Waals surface area contributed by atoms with E-state index in [2.05, 4.69) is 35.6 Å². The van der Waals surface area contributed by atoms with Crippen LogP contribution in [0.25, 0.3) is 0 Å². The molecule has 15 heavy (non-hydrogen) atoms. The molecule has 0 aromatic rings. The van der Waals surface area contributed by atoms with Crippen LogP contribution in [0.1, 0.15) is 0 Å². The number of rotatable bonds is 8. The normalized spacial score (nSPS) is 12.7. The van der Waals surface area contributed by atoms with Crippen LogP contribution < -0.4 is 39.5 Å². The monoisotopic (exact) mass is 343 g/mol. The molecule has 0 heterocycles. The van der Waals surface area contributed by atoms with Crippen LogP contribution in [0.3, 0.4) is 0 Å². The molecule has 0 amide bonds. The predicted molar refractivity (Wildman–Crippen MR) is 34.4 cm³/mol. The van der Waals surface area contributed by atoms with Crippen LogP contribution in [-0.2, 0) is 18.0 Å². The average molecular weight is 343 g/mol. The van der Waals surface area contributed by atoms with Gasteiger partial charge < -0.3 is 0 Å². The third kappa shape index (κ3) is 9.12. The fraction of sp³-hybridized carbons (Fsp3) is 0. The first kappa shape index (κ1) is 15.2. The van der Waals surface area contributed by atoms with Crippen molar-refractivity contribution in [1.29, 1.82) is 0 Å². The van der Waals surface area contributed by atoms with E-state index in [9.17, 15) is 15.6 Å². The average Bonchev–Trinajstić information content (AvgIpc) is 2.11. The summed E-state index contributed by atoms with van der Waals surface area (Å²) in [7, 11) is 0. The summed E-state index contributed by atoms with van der Waals surface area (Å²) in [5, 5.41) is 28.9. The molecule has 0 bridgehead atoms. The second-order valence-corrected chi connectivity index (χ2v) is 2.99. The van der Waals surface area contributed by atoms with Crippen molar-refractivity contribution >= 4 is 0 Å². The van der Waals surface area contributed by atoms with Gasteiger partial charge in [-0.1, -0.05) is 0 Å². The first-order valence-corrected chi connectivity index (χ1v) is 4.56. The molecule has 6 N–H and O–H groups in total. The Hall–Kier alpha value is 0.170. The molecule has 0 aromatic heterocycles. The second-order valence-electron chi connectivity index (χ2n) is 1.41. The first-order chi connectivity index (χ1) is 6.95. The molecule has 0 saturated carbocycles. The summed E-state index contributed by atoms with van der Waals surface area (Å²) in [4.78, 5) is 11.4. The topological polar surface area (TPSA) is 197 Å². The molecule has 0 aliphatic rings. The maximum absolute atomic E-state index is 10.3. The number of halogens is 1. The van der Waals surface area contributed by atoms with Crippen LogP contribution in [0, 0.1) is 15.6 Å². The van der Waals surface area contributed by atoms with Crippen LogP contribution in [0.2, 0.25) is 0 Å². The van der Waals surface area contributed by atoms with Crippen LogP contribution in [-0.4, -0.2) is 19.5 Å². The van der Waals surface area contributed by atoms with E-state index in [1.165, 1.54) is 0 Å². The summed E-state index contributed by atoms with van der Waals surface area (Å²) < 4.78 is 4.26. The number of nitrogens with two attached hydrogens (primary N) is 3. The van der Waals surface area contributed by atoms with Crippen LogP contribution in [0.5, 0.6) is 0 Å². The summed E-state index contributed by atoms with van der Waals surface area (Å²) in [6.45, 7) is 0. The van der Waals surface area contributed by atoms with E-state index in [4.69, 9.17) is 0 Å². The van der Waals surface area contributed by atoms with Gasteiger partial charge in [0.1, 0.15) is 0 Å². The van der Waals surface area contributed by atoms with Gasteiger partial charge in [0.15, 0.2) is 0 Å². The fourth-order valence-electron chi connectivity index (χ4n) is 0.233. The third-order valence-electron chi connectivity index (χ3n) is 0.519. The van der Waals surface area contributed by atoms with Gasteiger partial charge in [0.2, 0.25) is 0 Å². The van der Waals surface area contributed by atoms with Crippen LogP contribution >= 0.6 is 0 Å². The van der Waals surface area contributed by atoms with Crippen molar-refractivity contribution in [3.63, 3.8) is 0 Å². The SMILES string of the molecule is NON([O-])O[I-]N(ON(N)[O-])ON(N)[O-]. The van der Waals surface area contributed by atoms with Gasteiger partial charge in [-0.3, -0.25) is 0 Å². The van der Waals surface area contributed by atoms with Gasteiger partial charge in [0.05, 0.1) is 0 Å². The molecular formula is H6IN7O7-4. The summed E-state index contributed by atoms with van der Waals surface area (Å²) in [5.74, 6) is 13.4. The molecule has 0 aliphatic heterocycles. The molecule has 0 radical (unpaired) electrons. The van der Waals surface area contributed by atoms with Crippen molar-refractivity contribution in [1.82, 2.24) is 19.5 Å². The van der Waals surface area contributed by atoms with E-state index in [1.807, 2.05) is 0 Å². The first-order valence-electron chi connectivity index (χ1n) is 2.72. The van der Waals surface area contributed by atoms with Crippen LogP contribution in [0.4, 0.5) is 0 Å². The van der Waals surface area contributed by atoms with Crippen molar-refractivity contribution in [2.24, 2.45) is 17.6 Å². The van der Waals surface area contributed by atoms with E-state index in [-0.39, 0.29) is 3.44 Å². The van der Waals surface area contributed by atoms with Gasteiger partial charge in [0, 0.05) is 0 Å². The number of hydrogen-bond acceptors (Lipinski definition) is 14. The zero-order valence-electron chi connectivity index (χ0n) is 6.76. The van der Waals surface area contributed by atoms with Crippen molar-refractivity contribution in [2.45, 2.75) is 0 Å². The molecule has 0 aromatic carbocycles. The maximum atomic E-state index is 10.3. The summed E-state index contributed by atoms with van der Waals surface area (Å²) in [5.41, 5.74) is 0. The second kappa shape index (κ2) is 8.34. The summed E-state index contributed by atoms with van der Waals surface area (Å²) in [6, 6.07) is 0. The van der Waals surface area contributed by atoms with Gasteiger partial charge >= 0.3 is 92.6 Å². The van der Waals surface area contributed by atoms with E-state index in [0.29, 0.717) is 0 Å².